The van der Waals surface area contributed by atoms with Gasteiger partial charge >= 0.3 is 0 Å². The van der Waals surface area contributed by atoms with Crippen LogP contribution in [0.25, 0.3) is 0 Å². The van der Waals surface area contributed by atoms with Crippen LogP contribution in [0.3, 0.4) is 0 Å². The van der Waals surface area contributed by atoms with Crippen molar-refractivity contribution in [2.75, 3.05) is 7.11 Å². The fourth-order valence-corrected chi connectivity index (χ4v) is 4.18. The highest BCUT2D eigenvalue weighted by molar-refractivity contribution is 5.61. The van der Waals surface area contributed by atoms with Crippen LogP contribution in [0.2, 0.25) is 0 Å². The van der Waals surface area contributed by atoms with Gasteiger partial charge in [0.1, 0.15) is 6.29 Å². The molecule has 2 aliphatic rings. The summed E-state index contributed by atoms with van der Waals surface area (Å²) in [6, 6.07) is 0. The van der Waals surface area contributed by atoms with Crippen molar-refractivity contribution >= 4 is 6.29 Å². The molecular formula is C15H26O2. The lowest BCUT2D eigenvalue weighted by atomic mass is 9.66. The number of methoxy groups -OCH3 is 1. The highest BCUT2D eigenvalue weighted by Gasteiger charge is 2.50. The predicted octanol–water partition coefficient (Wildman–Crippen LogP) is 3.59. The number of rotatable bonds is 3. The normalized spacial score (nSPS) is 41.4. The Morgan fingerprint density at radius 3 is 2.41 bits per heavy atom. The van der Waals surface area contributed by atoms with Crippen molar-refractivity contribution in [3.8, 4) is 0 Å². The molecule has 0 aromatic carbocycles. The highest BCUT2D eigenvalue weighted by atomic mass is 16.5. The first-order valence-electron chi connectivity index (χ1n) is 7.02. The van der Waals surface area contributed by atoms with E-state index in [9.17, 15) is 4.79 Å². The molecule has 0 aromatic rings. The van der Waals surface area contributed by atoms with Crippen molar-refractivity contribution in [2.24, 2.45) is 16.7 Å². The van der Waals surface area contributed by atoms with E-state index < -0.39 is 0 Å². The third-order valence-corrected chi connectivity index (χ3v) is 5.05. The van der Waals surface area contributed by atoms with Crippen LogP contribution in [0.15, 0.2) is 0 Å². The van der Waals surface area contributed by atoms with Crippen LogP contribution in [0.5, 0.6) is 0 Å². The molecule has 2 aliphatic carbocycles. The number of hydrogen-bond acceptors (Lipinski definition) is 2. The lowest BCUT2D eigenvalue weighted by Gasteiger charge is -2.41. The standard InChI is InChI=1S/C15H26O2/c1-14(2)8-9-15(10-14,11-16)12-6-4-5-7-13(12)17-3/h11-13H,4-10H2,1-3H3/t12-,13+,15+/m1/s1. The summed E-state index contributed by atoms with van der Waals surface area (Å²) in [5.41, 5.74) is 0.237. The monoisotopic (exact) mass is 238 g/mol. The number of hydrogen-bond donors (Lipinski definition) is 0. The first kappa shape index (κ1) is 13.1. The zero-order valence-electron chi connectivity index (χ0n) is 11.5. The maximum atomic E-state index is 11.7. The second-order valence-electron chi connectivity index (χ2n) is 6.86. The zero-order chi connectivity index (χ0) is 12.5. The Labute approximate surface area is 105 Å². The topological polar surface area (TPSA) is 26.3 Å². The molecule has 0 radical (unpaired) electrons. The van der Waals surface area contributed by atoms with Crippen molar-refractivity contribution in [3.05, 3.63) is 0 Å². The van der Waals surface area contributed by atoms with E-state index in [2.05, 4.69) is 13.8 Å². The second-order valence-corrected chi connectivity index (χ2v) is 6.86. The molecule has 0 saturated heterocycles. The molecule has 0 heterocycles. The molecule has 17 heavy (non-hydrogen) atoms. The van der Waals surface area contributed by atoms with Crippen LogP contribution in [0.1, 0.15) is 58.8 Å². The third-order valence-electron chi connectivity index (χ3n) is 5.05. The van der Waals surface area contributed by atoms with Crippen LogP contribution in [0, 0.1) is 16.7 Å². The van der Waals surface area contributed by atoms with Crippen molar-refractivity contribution in [2.45, 2.75) is 64.9 Å². The smallest absolute Gasteiger partial charge is 0.126 e. The molecule has 3 atom stereocenters. The molecule has 2 nitrogen and oxygen atoms in total. The van der Waals surface area contributed by atoms with E-state index in [1.807, 2.05) is 7.11 Å². The first-order chi connectivity index (χ1) is 8.03. The van der Waals surface area contributed by atoms with Gasteiger partial charge < -0.3 is 9.53 Å². The molecule has 2 heteroatoms. The Kier molecular flexibility index (Phi) is 3.63. The molecule has 0 unspecified atom stereocenters. The van der Waals surface area contributed by atoms with E-state index in [4.69, 9.17) is 4.74 Å². The average molecular weight is 238 g/mol. The zero-order valence-corrected chi connectivity index (χ0v) is 11.5. The summed E-state index contributed by atoms with van der Waals surface area (Å²) in [5, 5.41) is 0. The molecule has 0 amide bonds. The molecular weight excluding hydrogens is 212 g/mol. The van der Waals surface area contributed by atoms with Crippen LogP contribution in [-0.2, 0) is 9.53 Å². The minimum absolute atomic E-state index is 0.0927. The molecule has 0 N–H and O–H groups in total. The van der Waals surface area contributed by atoms with Gasteiger partial charge in [-0.2, -0.15) is 0 Å². The van der Waals surface area contributed by atoms with Gasteiger partial charge in [0.05, 0.1) is 6.10 Å². The van der Waals surface area contributed by atoms with E-state index in [0.29, 0.717) is 17.4 Å². The van der Waals surface area contributed by atoms with E-state index >= 15 is 0 Å². The Bertz CT molecular complexity index is 285. The van der Waals surface area contributed by atoms with Gasteiger partial charge in [-0.25, -0.2) is 0 Å². The van der Waals surface area contributed by atoms with E-state index in [1.165, 1.54) is 32.0 Å². The highest BCUT2D eigenvalue weighted by Crippen LogP contribution is 2.55. The Balaban J connectivity index is 2.19. The van der Waals surface area contributed by atoms with E-state index in [1.54, 1.807) is 0 Å². The predicted molar refractivity (Wildman–Crippen MR) is 68.9 cm³/mol. The second kappa shape index (κ2) is 4.72. The summed E-state index contributed by atoms with van der Waals surface area (Å²) in [5.74, 6) is 0.459. The van der Waals surface area contributed by atoms with Crippen molar-refractivity contribution < 1.29 is 9.53 Å². The third kappa shape index (κ3) is 2.42. The van der Waals surface area contributed by atoms with E-state index in [-0.39, 0.29) is 5.41 Å². The van der Waals surface area contributed by atoms with Crippen molar-refractivity contribution in [1.29, 1.82) is 0 Å². The van der Waals surface area contributed by atoms with Gasteiger partial charge in [0.25, 0.3) is 0 Å². The first-order valence-corrected chi connectivity index (χ1v) is 7.02. The molecule has 0 bridgehead atoms. The van der Waals surface area contributed by atoms with Crippen LogP contribution in [-0.4, -0.2) is 19.5 Å². The summed E-state index contributed by atoms with van der Waals surface area (Å²) in [4.78, 5) is 11.7. The van der Waals surface area contributed by atoms with Gasteiger partial charge in [-0.1, -0.05) is 26.7 Å². The van der Waals surface area contributed by atoms with Gasteiger partial charge in [-0.05, 0) is 43.4 Å². The lowest BCUT2D eigenvalue weighted by Crippen LogP contribution is -2.41. The molecule has 2 rings (SSSR count). The fraction of sp³-hybridized carbons (Fsp3) is 0.933. The van der Waals surface area contributed by atoms with Gasteiger partial charge in [0, 0.05) is 12.5 Å². The lowest BCUT2D eigenvalue weighted by molar-refractivity contribution is -0.125. The number of carbonyl (C=O) groups is 1. The van der Waals surface area contributed by atoms with Crippen molar-refractivity contribution in [3.63, 3.8) is 0 Å². The Hall–Kier alpha value is -0.370. The minimum Gasteiger partial charge on any atom is -0.381 e. The van der Waals surface area contributed by atoms with Gasteiger partial charge in [0.15, 0.2) is 0 Å². The molecule has 2 fully saturated rings. The summed E-state index contributed by atoms with van der Waals surface area (Å²) in [6.07, 6.45) is 9.70. The SMILES string of the molecule is CO[C@H]1CCCC[C@H]1[C@@]1(C=O)CCC(C)(C)C1. The average Bonchev–Trinajstić information content (AvgIpc) is 2.66. The molecule has 2 saturated carbocycles. The number of ether oxygens (including phenoxy) is 1. The van der Waals surface area contributed by atoms with Crippen molar-refractivity contribution in [1.82, 2.24) is 0 Å². The summed E-state index contributed by atoms with van der Waals surface area (Å²) < 4.78 is 5.65. The molecule has 98 valence electrons. The summed E-state index contributed by atoms with van der Waals surface area (Å²) in [6.45, 7) is 4.59. The molecule has 0 spiro atoms. The van der Waals surface area contributed by atoms with Crippen LogP contribution in [0.4, 0.5) is 0 Å². The van der Waals surface area contributed by atoms with Gasteiger partial charge in [-0.15, -0.1) is 0 Å². The van der Waals surface area contributed by atoms with Gasteiger partial charge in [-0.3, -0.25) is 0 Å². The Morgan fingerprint density at radius 1 is 1.18 bits per heavy atom. The van der Waals surface area contributed by atoms with E-state index in [0.717, 1.165) is 19.3 Å². The summed E-state index contributed by atoms with van der Waals surface area (Å²) in [7, 11) is 1.81. The Morgan fingerprint density at radius 2 is 1.88 bits per heavy atom. The minimum atomic E-state index is -0.0927. The maximum absolute atomic E-state index is 11.7. The number of aldehydes is 1. The maximum Gasteiger partial charge on any atom is 0.126 e. The number of carbonyl (C=O) groups excluding carboxylic acids is 1. The van der Waals surface area contributed by atoms with Gasteiger partial charge in [0.2, 0.25) is 0 Å². The molecule has 0 aromatic heterocycles. The molecule has 0 aliphatic heterocycles. The van der Waals surface area contributed by atoms with Crippen LogP contribution >= 0.6 is 0 Å². The largest absolute Gasteiger partial charge is 0.381 e. The van der Waals surface area contributed by atoms with Crippen LogP contribution < -0.4 is 0 Å². The summed E-state index contributed by atoms with van der Waals surface area (Å²) >= 11 is 0. The quantitative estimate of drug-likeness (QED) is 0.702. The fourth-order valence-electron chi connectivity index (χ4n) is 4.18.